The zero-order chi connectivity index (χ0) is 8.55. The van der Waals surface area contributed by atoms with Crippen LogP contribution in [0.25, 0.3) is 0 Å². The Balaban J connectivity index is 2.34. The molecule has 3 N–H and O–H groups in total. The first-order chi connectivity index (χ1) is 5.77. The predicted molar refractivity (Wildman–Crippen MR) is 51.0 cm³/mol. The molecule has 0 aromatic heterocycles. The molecule has 1 fully saturated rings. The zero-order valence-corrected chi connectivity index (χ0v) is 7.30. The van der Waals surface area contributed by atoms with Crippen molar-refractivity contribution in [2.24, 2.45) is 0 Å². The van der Waals surface area contributed by atoms with Crippen LogP contribution in [-0.2, 0) is 0 Å². The zero-order valence-electron chi connectivity index (χ0n) is 7.30. The molecule has 2 heteroatoms. The lowest BCUT2D eigenvalue weighted by atomic mass is 9.95. The molecule has 12 heavy (non-hydrogen) atoms. The van der Waals surface area contributed by atoms with Crippen molar-refractivity contribution in [3.63, 3.8) is 0 Å². The van der Waals surface area contributed by atoms with Gasteiger partial charge in [-0.05, 0) is 31.5 Å². The van der Waals surface area contributed by atoms with Crippen molar-refractivity contribution in [2.75, 3.05) is 12.3 Å². The van der Waals surface area contributed by atoms with Crippen LogP contribution in [0.15, 0.2) is 18.2 Å². The first kappa shape index (κ1) is 7.62. The van der Waals surface area contributed by atoms with Gasteiger partial charge >= 0.3 is 0 Å². The molecule has 1 aliphatic rings. The Morgan fingerprint density at radius 2 is 2.25 bits per heavy atom. The lowest BCUT2D eigenvalue weighted by Gasteiger charge is -2.29. The van der Waals surface area contributed by atoms with E-state index in [1.807, 2.05) is 6.07 Å². The van der Waals surface area contributed by atoms with Crippen molar-refractivity contribution >= 4 is 5.69 Å². The Morgan fingerprint density at radius 1 is 1.50 bits per heavy atom. The summed E-state index contributed by atoms with van der Waals surface area (Å²) in [5.41, 5.74) is 9.32. The lowest BCUT2D eigenvalue weighted by Crippen LogP contribution is -2.35. The Labute approximate surface area is 72.8 Å². The quantitative estimate of drug-likeness (QED) is 0.616. The summed E-state index contributed by atoms with van der Waals surface area (Å²) in [4.78, 5) is 0. The molecule has 2 nitrogen and oxygen atoms in total. The molecule has 1 heterocycles. The lowest BCUT2D eigenvalue weighted by molar-refractivity contribution is 0.384. The van der Waals surface area contributed by atoms with Crippen molar-refractivity contribution in [1.29, 1.82) is 0 Å². The van der Waals surface area contributed by atoms with Crippen LogP contribution in [0.4, 0.5) is 5.69 Å². The van der Waals surface area contributed by atoms with Crippen molar-refractivity contribution in [3.8, 4) is 0 Å². The Hall–Kier alpha value is -1.02. The van der Waals surface area contributed by atoms with Gasteiger partial charge < -0.3 is 11.1 Å². The summed E-state index contributed by atoms with van der Waals surface area (Å²) >= 11 is 0. The fraction of sp³-hybridized carbons (Fsp3) is 0.400. The average molecular weight is 162 g/mol. The summed E-state index contributed by atoms with van der Waals surface area (Å²) in [6.07, 6.45) is 1.22. The molecule has 2 rings (SSSR count). The van der Waals surface area contributed by atoms with E-state index in [0.29, 0.717) is 6.04 Å². The van der Waals surface area contributed by atoms with Crippen molar-refractivity contribution in [2.45, 2.75) is 19.4 Å². The van der Waals surface area contributed by atoms with Gasteiger partial charge in [0.05, 0.1) is 0 Å². The first-order valence-corrected chi connectivity index (χ1v) is 4.37. The van der Waals surface area contributed by atoms with E-state index in [0.717, 1.165) is 12.2 Å². The van der Waals surface area contributed by atoms with Crippen LogP contribution < -0.4 is 11.1 Å². The van der Waals surface area contributed by atoms with Crippen LogP contribution in [0.2, 0.25) is 0 Å². The monoisotopic (exact) mass is 162 g/mol. The van der Waals surface area contributed by atoms with Gasteiger partial charge in [0.1, 0.15) is 0 Å². The standard InChI is InChI=1S/C10H14N2/c1-7-2-3-9(11)8(6-7)10-4-5-12-10/h2-3,6,10,12H,4-5,11H2,1H3. The Bertz CT molecular complexity index is 290. The van der Waals surface area contributed by atoms with E-state index >= 15 is 0 Å². The number of benzene rings is 1. The largest absolute Gasteiger partial charge is 0.398 e. The van der Waals surface area contributed by atoms with Gasteiger partial charge in [-0.3, -0.25) is 0 Å². The van der Waals surface area contributed by atoms with E-state index in [-0.39, 0.29) is 0 Å². The maximum absolute atomic E-state index is 5.86. The summed E-state index contributed by atoms with van der Waals surface area (Å²) < 4.78 is 0. The van der Waals surface area contributed by atoms with Crippen LogP contribution in [0.5, 0.6) is 0 Å². The predicted octanol–water partition coefficient (Wildman–Crippen LogP) is 1.61. The van der Waals surface area contributed by atoms with Crippen molar-refractivity contribution in [3.05, 3.63) is 29.3 Å². The number of hydrogen-bond acceptors (Lipinski definition) is 2. The number of nitrogens with one attached hydrogen (secondary N) is 1. The minimum absolute atomic E-state index is 0.505. The molecular weight excluding hydrogens is 148 g/mol. The van der Waals surface area contributed by atoms with Gasteiger partial charge in [0.15, 0.2) is 0 Å². The van der Waals surface area contributed by atoms with Crippen molar-refractivity contribution in [1.82, 2.24) is 5.32 Å². The van der Waals surface area contributed by atoms with Gasteiger partial charge in [0, 0.05) is 11.7 Å². The third-order valence-corrected chi connectivity index (χ3v) is 2.44. The minimum Gasteiger partial charge on any atom is -0.398 e. The first-order valence-electron chi connectivity index (χ1n) is 4.37. The molecular formula is C10H14N2. The van der Waals surface area contributed by atoms with Gasteiger partial charge in [0.25, 0.3) is 0 Å². The van der Waals surface area contributed by atoms with Gasteiger partial charge in [-0.25, -0.2) is 0 Å². The van der Waals surface area contributed by atoms with Crippen molar-refractivity contribution < 1.29 is 0 Å². The van der Waals surface area contributed by atoms with Gasteiger partial charge in [-0.1, -0.05) is 17.7 Å². The molecule has 1 unspecified atom stereocenters. The summed E-state index contributed by atoms with van der Waals surface area (Å²) in [7, 11) is 0. The molecule has 0 radical (unpaired) electrons. The molecule has 0 bridgehead atoms. The summed E-state index contributed by atoms with van der Waals surface area (Å²) in [6.45, 7) is 3.22. The smallest absolute Gasteiger partial charge is 0.0362 e. The highest BCUT2D eigenvalue weighted by Gasteiger charge is 2.20. The Kier molecular flexibility index (Phi) is 1.77. The number of anilines is 1. The van der Waals surface area contributed by atoms with Gasteiger partial charge in [-0.2, -0.15) is 0 Å². The van der Waals surface area contributed by atoms with E-state index in [9.17, 15) is 0 Å². The van der Waals surface area contributed by atoms with E-state index in [1.165, 1.54) is 17.5 Å². The maximum atomic E-state index is 5.86. The second-order valence-corrected chi connectivity index (χ2v) is 3.43. The summed E-state index contributed by atoms with van der Waals surface area (Å²) in [5, 5.41) is 3.35. The number of hydrogen-bond donors (Lipinski definition) is 2. The second-order valence-electron chi connectivity index (χ2n) is 3.43. The minimum atomic E-state index is 0.505. The van der Waals surface area contributed by atoms with E-state index in [4.69, 9.17) is 5.73 Å². The third-order valence-electron chi connectivity index (χ3n) is 2.44. The van der Waals surface area contributed by atoms with E-state index in [2.05, 4.69) is 24.4 Å². The molecule has 1 aromatic carbocycles. The molecule has 1 aliphatic heterocycles. The van der Waals surface area contributed by atoms with E-state index in [1.54, 1.807) is 0 Å². The maximum Gasteiger partial charge on any atom is 0.0362 e. The average Bonchev–Trinajstić information content (AvgIpc) is 1.93. The van der Waals surface area contributed by atoms with E-state index < -0.39 is 0 Å². The van der Waals surface area contributed by atoms with Crippen LogP contribution >= 0.6 is 0 Å². The number of rotatable bonds is 1. The summed E-state index contributed by atoms with van der Waals surface area (Å²) in [6, 6.07) is 6.72. The van der Waals surface area contributed by atoms with Crippen LogP contribution in [-0.4, -0.2) is 6.54 Å². The molecule has 1 atom stereocenters. The molecule has 0 spiro atoms. The third kappa shape index (κ3) is 1.18. The summed E-state index contributed by atoms with van der Waals surface area (Å²) in [5.74, 6) is 0. The topological polar surface area (TPSA) is 38.0 Å². The van der Waals surface area contributed by atoms with Crippen LogP contribution in [0.1, 0.15) is 23.6 Å². The fourth-order valence-electron chi connectivity index (χ4n) is 1.55. The highest BCUT2D eigenvalue weighted by atomic mass is 15.0. The van der Waals surface area contributed by atoms with Crippen LogP contribution in [0, 0.1) is 6.92 Å². The number of aryl methyl sites for hydroxylation is 1. The normalized spacial score (nSPS) is 21.9. The van der Waals surface area contributed by atoms with Gasteiger partial charge in [-0.15, -0.1) is 0 Å². The molecule has 0 amide bonds. The molecule has 64 valence electrons. The van der Waals surface area contributed by atoms with Gasteiger partial charge in [0.2, 0.25) is 0 Å². The second kappa shape index (κ2) is 2.79. The number of nitrogens with two attached hydrogens (primary N) is 1. The Morgan fingerprint density at radius 3 is 2.83 bits per heavy atom. The van der Waals surface area contributed by atoms with Crippen LogP contribution in [0.3, 0.4) is 0 Å². The fourth-order valence-corrected chi connectivity index (χ4v) is 1.55. The molecule has 1 aromatic rings. The molecule has 1 saturated heterocycles. The highest BCUT2D eigenvalue weighted by Crippen LogP contribution is 2.28. The number of nitrogen functional groups attached to an aromatic ring is 1. The molecule has 0 aliphatic carbocycles. The highest BCUT2D eigenvalue weighted by molar-refractivity contribution is 5.50. The SMILES string of the molecule is Cc1ccc(N)c(C2CCN2)c1. The molecule has 0 saturated carbocycles.